The first kappa shape index (κ1) is 17.1. The fourth-order valence-corrected chi connectivity index (χ4v) is 3.37. The van der Waals surface area contributed by atoms with Crippen molar-refractivity contribution in [1.29, 1.82) is 0 Å². The molecule has 1 N–H and O–H groups in total. The van der Waals surface area contributed by atoms with Crippen LogP contribution in [0.5, 0.6) is 0 Å². The highest BCUT2D eigenvalue weighted by Gasteiger charge is 2.22. The number of pyridine rings is 1. The van der Waals surface area contributed by atoms with E-state index in [9.17, 15) is 0 Å². The fraction of sp³-hybridized carbons (Fsp3) is 0.450. The van der Waals surface area contributed by atoms with Crippen LogP contribution in [-0.4, -0.2) is 35.2 Å². The molecule has 128 valence electrons. The molecule has 0 amide bonds. The maximum atomic E-state index is 5.84. The smallest absolute Gasteiger partial charge is 0.0678 e. The van der Waals surface area contributed by atoms with Crippen molar-refractivity contribution in [1.82, 2.24) is 15.2 Å². The van der Waals surface area contributed by atoms with Crippen LogP contribution in [0.15, 0.2) is 48.7 Å². The van der Waals surface area contributed by atoms with Gasteiger partial charge in [-0.05, 0) is 37.1 Å². The number of hydrogen-bond donors (Lipinski definition) is 1. The Balaban J connectivity index is 1.58. The predicted molar refractivity (Wildman–Crippen MR) is 96.5 cm³/mol. The lowest BCUT2D eigenvalue weighted by Crippen LogP contribution is -2.45. The third-order valence-electron chi connectivity index (χ3n) is 4.36. The molecular formula is C20H27N3O. The van der Waals surface area contributed by atoms with Gasteiger partial charge in [-0.1, -0.05) is 30.3 Å². The maximum Gasteiger partial charge on any atom is 0.0678 e. The number of hydrogen-bond acceptors (Lipinski definition) is 4. The summed E-state index contributed by atoms with van der Waals surface area (Å²) >= 11 is 0. The number of morpholine rings is 1. The minimum absolute atomic E-state index is 0.309. The molecule has 1 aromatic carbocycles. The Morgan fingerprint density at radius 3 is 2.42 bits per heavy atom. The second-order valence-corrected chi connectivity index (χ2v) is 6.64. The van der Waals surface area contributed by atoms with Crippen LogP contribution in [0.4, 0.5) is 0 Å². The third kappa shape index (κ3) is 4.87. The first-order valence-corrected chi connectivity index (χ1v) is 8.76. The molecule has 0 radical (unpaired) electrons. The van der Waals surface area contributed by atoms with E-state index in [1.54, 1.807) is 0 Å². The Morgan fingerprint density at radius 1 is 1.00 bits per heavy atom. The van der Waals surface area contributed by atoms with E-state index in [2.05, 4.69) is 59.4 Å². The van der Waals surface area contributed by atoms with Crippen LogP contribution in [0, 0.1) is 0 Å². The fourth-order valence-electron chi connectivity index (χ4n) is 3.37. The van der Waals surface area contributed by atoms with Gasteiger partial charge < -0.3 is 10.1 Å². The molecule has 4 heteroatoms. The molecule has 2 aromatic rings. The summed E-state index contributed by atoms with van der Waals surface area (Å²) in [4.78, 5) is 6.85. The van der Waals surface area contributed by atoms with Gasteiger partial charge in [0.2, 0.25) is 0 Å². The van der Waals surface area contributed by atoms with Gasteiger partial charge >= 0.3 is 0 Å². The van der Waals surface area contributed by atoms with Crippen LogP contribution in [0.1, 0.15) is 30.7 Å². The number of nitrogens with one attached hydrogen (secondary N) is 1. The molecule has 0 aliphatic carbocycles. The summed E-state index contributed by atoms with van der Waals surface area (Å²) in [7, 11) is 0. The van der Waals surface area contributed by atoms with Crippen molar-refractivity contribution in [2.75, 3.05) is 13.1 Å². The standard InChI is InChI=1S/C20H27N3O/c1-16-13-23(14-17(2)24-16)15-19-8-4-3-7-18(19)11-21-12-20-9-5-6-10-22-20/h3-10,16-17,21H,11-15H2,1-2H3/t16-,17-/m0/s1. The highest BCUT2D eigenvalue weighted by atomic mass is 16.5. The first-order chi connectivity index (χ1) is 11.7. The molecule has 0 saturated carbocycles. The molecule has 24 heavy (non-hydrogen) atoms. The highest BCUT2D eigenvalue weighted by Crippen LogP contribution is 2.17. The normalized spacial score (nSPS) is 21.8. The number of aromatic nitrogens is 1. The first-order valence-electron chi connectivity index (χ1n) is 8.76. The molecule has 3 rings (SSSR count). The van der Waals surface area contributed by atoms with E-state index in [1.807, 2.05) is 18.3 Å². The molecular weight excluding hydrogens is 298 g/mol. The summed E-state index contributed by atoms with van der Waals surface area (Å²) in [5.41, 5.74) is 3.83. The molecule has 2 heterocycles. The van der Waals surface area contributed by atoms with E-state index in [4.69, 9.17) is 4.74 Å². The van der Waals surface area contributed by atoms with Crippen molar-refractivity contribution in [2.45, 2.75) is 45.7 Å². The third-order valence-corrected chi connectivity index (χ3v) is 4.36. The number of benzene rings is 1. The minimum Gasteiger partial charge on any atom is -0.373 e. The summed E-state index contributed by atoms with van der Waals surface area (Å²) in [6.45, 7) is 8.95. The molecule has 1 fully saturated rings. The van der Waals surface area contributed by atoms with Crippen molar-refractivity contribution in [2.24, 2.45) is 0 Å². The van der Waals surface area contributed by atoms with E-state index in [0.717, 1.165) is 38.4 Å². The minimum atomic E-state index is 0.309. The Kier molecular flexibility index (Phi) is 5.96. The van der Waals surface area contributed by atoms with Gasteiger partial charge in [0.15, 0.2) is 0 Å². The van der Waals surface area contributed by atoms with Gasteiger partial charge in [-0.15, -0.1) is 0 Å². The van der Waals surface area contributed by atoms with Crippen LogP contribution >= 0.6 is 0 Å². The molecule has 0 spiro atoms. The van der Waals surface area contributed by atoms with E-state index < -0.39 is 0 Å². The number of nitrogens with zero attached hydrogens (tertiary/aromatic N) is 2. The van der Waals surface area contributed by atoms with Crippen molar-refractivity contribution in [3.63, 3.8) is 0 Å². The van der Waals surface area contributed by atoms with Crippen molar-refractivity contribution in [3.05, 3.63) is 65.5 Å². The van der Waals surface area contributed by atoms with E-state index in [0.29, 0.717) is 12.2 Å². The van der Waals surface area contributed by atoms with Gasteiger partial charge in [0.1, 0.15) is 0 Å². The summed E-state index contributed by atoms with van der Waals surface area (Å²) < 4.78 is 5.84. The quantitative estimate of drug-likeness (QED) is 0.886. The van der Waals surface area contributed by atoms with Crippen molar-refractivity contribution >= 4 is 0 Å². The zero-order chi connectivity index (χ0) is 16.8. The maximum absolute atomic E-state index is 5.84. The Morgan fingerprint density at radius 2 is 1.71 bits per heavy atom. The molecule has 1 saturated heterocycles. The van der Waals surface area contributed by atoms with Gasteiger partial charge in [0, 0.05) is 38.9 Å². The number of rotatable bonds is 6. The lowest BCUT2D eigenvalue weighted by Gasteiger charge is -2.35. The Bertz CT molecular complexity index is 622. The van der Waals surface area contributed by atoms with Crippen LogP contribution < -0.4 is 5.32 Å². The van der Waals surface area contributed by atoms with E-state index >= 15 is 0 Å². The molecule has 2 atom stereocenters. The SMILES string of the molecule is C[C@H]1CN(Cc2ccccc2CNCc2ccccn2)C[C@H](C)O1. The second kappa shape index (κ2) is 8.38. The summed E-state index contributed by atoms with van der Waals surface area (Å²) in [6.07, 6.45) is 2.46. The van der Waals surface area contributed by atoms with Crippen LogP contribution in [0.3, 0.4) is 0 Å². The highest BCUT2D eigenvalue weighted by molar-refractivity contribution is 5.27. The summed E-state index contributed by atoms with van der Waals surface area (Å²) in [6, 6.07) is 14.7. The second-order valence-electron chi connectivity index (χ2n) is 6.64. The monoisotopic (exact) mass is 325 g/mol. The Labute approximate surface area is 144 Å². The zero-order valence-electron chi connectivity index (χ0n) is 14.6. The molecule has 1 aliphatic heterocycles. The van der Waals surface area contributed by atoms with Gasteiger partial charge in [-0.2, -0.15) is 0 Å². The average Bonchev–Trinajstić information content (AvgIpc) is 2.56. The Hall–Kier alpha value is -1.75. The van der Waals surface area contributed by atoms with Crippen LogP contribution in [0.2, 0.25) is 0 Å². The average molecular weight is 325 g/mol. The zero-order valence-corrected chi connectivity index (χ0v) is 14.6. The van der Waals surface area contributed by atoms with E-state index in [1.165, 1.54) is 11.1 Å². The van der Waals surface area contributed by atoms with Gasteiger partial charge in [-0.3, -0.25) is 9.88 Å². The molecule has 4 nitrogen and oxygen atoms in total. The predicted octanol–water partition coefficient (Wildman–Crippen LogP) is 2.98. The molecule has 1 aromatic heterocycles. The van der Waals surface area contributed by atoms with E-state index in [-0.39, 0.29) is 0 Å². The molecule has 1 aliphatic rings. The van der Waals surface area contributed by atoms with Gasteiger partial charge in [0.05, 0.1) is 17.9 Å². The lowest BCUT2D eigenvalue weighted by molar-refractivity contribution is -0.0705. The van der Waals surface area contributed by atoms with Gasteiger partial charge in [-0.25, -0.2) is 0 Å². The largest absolute Gasteiger partial charge is 0.373 e. The topological polar surface area (TPSA) is 37.4 Å². The van der Waals surface area contributed by atoms with Gasteiger partial charge in [0.25, 0.3) is 0 Å². The molecule has 0 bridgehead atoms. The van der Waals surface area contributed by atoms with Crippen molar-refractivity contribution in [3.8, 4) is 0 Å². The van der Waals surface area contributed by atoms with Crippen LogP contribution in [-0.2, 0) is 24.4 Å². The van der Waals surface area contributed by atoms with Crippen molar-refractivity contribution < 1.29 is 4.74 Å². The summed E-state index contributed by atoms with van der Waals surface area (Å²) in [5.74, 6) is 0. The van der Waals surface area contributed by atoms with Crippen LogP contribution in [0.25, 0.3) is 0 Å². The number of ether oxygens (including phenoxy) is 1. The summed E-state index contributed by atoms with van der Waals surface area (Å²) in [5, 5.41) is 3.51. The lowest BCUT2D eigenvalue weighted by atomic mass is 10.1. The molecule has 0 unspecified atom stereocenters.